The van der Waals surface area contributed by atoms with E-state index in [0.29, 0.717) is 5.92 Å². The van der Waals surface area contributed by atoms with Gasteiger partial charge in [0, 0.05) is 19.5 Å². The Hall–Kier alpha value is -2.21. The molecule has 1 saturated heterocycles. The second-order valence-corrected chi connectivity index (χ2v) is 6.36. The number of fused-ring (bicyclic) bond motifs is 1. The molecule has 0 bridgehead atoms. The molecule has 0 unspecified atom stereocenters. The number of aryl methyl sites for hydroxylation is 2. The zero-order valence-electron chi connectivity index (χ0n) is 13.6. The first kappa shape index (κ1) is 14.4. The van der Waals surface area contributed by atoms with Gasteiger partial charge in [-0.05, 0) is 45.0 Å². The van der Waals surface area contributed by atoms with Crippen molar-refractivity contribution in [2.24, 2.45) is 7.05 Å². The average Bonchev–Trinajstić information content (AvgIpc) is 3.13. The second kappa shape index (κ2) is 5.77. The number of rotatable bonds is 3. The van der Waals surface area contributed by atoms with Crippen molar-refractivity contribution in [3.8, 4) is 0 Å². The van der Waals surface area contributed by atoms with Crippen molar-refractivity contribution >= 4 is 11.0 Å². The zero-order valence-corrected chi connectivity index (χ0v) is 13.6. The van der Waals surface area contributed by atoms with Gasteiger partial charge in [-0.2, -0.15) is 0 Å². The minimum Gasteiger partial charge on any atom is -0.331 e. The van der Waals surface area contributed by atoms with Crippen LogP contribution < -0.4 is 0 Å². The third kappa shape index (κ3) is 2.63. The molecular weight excluding hydrogens is 290 g/mol. The molecule has 2 aromatic heterocycles. The molecule has 0 saturated carbocycles. The predicted octanol–water partition coefficient (Wildman–Crippen LogP) is 2.64. The average molecular weight is 311 g/mol. The fraction of sp³-hybridized carbons (Fsp3) is 0.471. The fourth-order valence-corrected chi connectivity index (χ4v) is 3.48. The number of aromatic nitrogens is 4. The lowest BCUT2D eigenvalue weighted by Gasteiger charge is -2.31. The molecule has 0 atom stereocenters. The molecule has 120 valence electrons. The number of imidazole rings is 1. The number of benzene rings is 1. The van der Waals surface area contributed by atoms with Crippen molar-refractivity contribution in [3.63, 3.8) is 0 Å². The summed E-state index contributed by atoms with van der Waals surface area (Å²) in [5.41, 5.74) is 4.15. The maximum Gasteiger partial charge on any atom is 0.122 e. The highest BCUT2D eigenvalue weighted by Crippen LogP contribution is 2.30. The first-order valence-electron chi connectivity index (χ1n) is 8.14. The summed E-state index contributed by atoms with van der Waals surface area (Å²) in [6.07, 6.45) is 2.25. The van der Waals surface area contributed by atoms with Gasteiger partial charge in [-0.25, -0.2) is 9.61 Å². The Kier molecular flexibility index (Phi) is 3.61. The van der Waals surface area contributed by atoms with Crippen molar-refractivity contribution in [3.05, 3.63) is 41.5 Å². The molecule has 3 aromatic rings. The highest BCUT2D eigenvalue weighted by atomic mass is 16.6. The van der Waals surface area contributed by atoms with Crippen LogP contribution in [0.15, 0.2) is 28.9 Å². The highest BCUT2D eigenvalue weighted by Gasteiger charge is 2.25. The summed E-state index contributed by atoms with van der Waals surface area (Å²) in [6, 6.07) is 8.36. The van der Waals surface area contributed by atoms with Gasteiger partial charge in [-0.1, -0.05) is 22.4 Å². The first-order chi connectivity index (χ1) is 11.2. The van der Waals surface area contributed by atoms with E-state index in [1.807, 2.05) is 6.92 Å². The van der Waals surface area contributed by atoms with Crippen molar-refractivity contribution in [1.29, 1.82) is 0 Å². The Morgan fingerprint density at radius 1 is 1.17 bits per heavy atom. The van der Waals surface area contributed by atoms with Gasteiger partial charge in [0.2, 0.25) is 0 Å². The van der Waals surface area contributed by atoms with Crippen LogP contribution in [0.2, 0.25) is 0 Å². The summed E-state index contributed by atoms with van der Waals surface area (Å²) < 4.78 is 7.04. The third-order valence-electron chi connectivity index (χ3n) is 4.89. The molecule has 4 rings (SSSR count). The number of hydrogen-bond acceptors (Lipinski definition) is 5. The molecule has 6 heteroatoms. The van der Waals surface area contributed by atoms with E-state index in [1.54, 1.807) is 0 Å². The van der Waals surface area contributed by atoms with Crippen LogP contribution in [0.5, 0.6) is 0 Å². The third-order valence-corrected chi connectivity index (χ3v) is 4.89. The molecule has 0 spiro atoms. The molecule has 0 N–H and O–H groups in total. The minimum atomic E-state index is 0.528. The summed E-state index contributed by atoms with van der Waals surface area (Å²) in [5, 5.41) is 7.84. The predicted molar refractivity (Wildman–Crippen MR) is 87.0 cm³/mol. The lowest BCUT2D eigenvalue weighted by molar-refractivity contribution is 0.194. The molecule has 23 heavy (non-hydrogen) atoms. The Morgan fingerprint density at radius 3 is 2.65 bits per heavy atom. The molecule has 1 aromatic carbocycles. The Labute approximate surface area is 135 Å². The molecule has 1 aliphatic heterocycles. The van der Waals surface area contributed by atoms with Crippen LogP contribution in [0.25, 0.3) is 11.0 Å². The van der Waals surface area contributed by atoms with Crippen molar-refractivity contribution < 1.29 is 4.63 Å². The van der Waals surface area contributed by atoms with Crippen LogP contribution >= 0.6 is 0 Å². The largest absolute Gasteiger partial charge is 0.331 e. The summed E-state index contributed by atoms with van der Waals surface area (Å²) in [4.78, 5) is 7.28. The summed E-state index contributed by atoms with van der Waals surface area (Å²) in [7, 11) is 2.13. The van der Waals surface area contributed by atoms with Crippen molar-refractivity contribution in [1.82, 2.24) is 24.8 Å². The van der Waals surface area contributed by atoms with Gasteiger partial charge in [0.15, 0.2) is 0 Å². The quantitative estimate of drug-likeness (QED) is 0.744. The van der Waals surface area contributed by atoms with E-state index in [-0.39, 0.29) is 0 Å². The number of hydrogen-bond donors (Lipinski definition) is 0. The maximum atomic E-state index is 4.86. The van der Waals surface area contributed by atoms with E-state index in [1.165, 1.54) is 11.3 Å². The van der Waals surface area contributed by atoms with Crippen LogP contribution in [0.3, 0.4) is 0 Å². The lowest BCUT2D eigenvalue weighted by atomic mass is 9.96. The number of piperidine rings is 1. The Balaban J connectivity index is 1.46. The topological polar surface area (TPSA) is 60.0 Å². The summed E-state index contributed by atoms with van der Waals surface area (Å²) in [6.45, 7) is 4.88. The molecular formula is C17H21N5O. The zero-order chi connectivity index (χ0) is 15.8. The molecule has 1 fully saturated rings. The Morgan fingerprint density at radius 2 is 1.96 bits per heavy atom. The molecule has 0 amide bonds. The Bertz CT molecular complexity index is 813. The van der Waals surface area contributed by atoms with E-state index < -0.39 is 0 Å². The first-order valence-corrected chi connectivity index (χ1v) is 8.14. The van der Waals surface area contributed by atoms with Crippen LogP contribution in [-0.4, -0.2) is 37.9 Å². The monoisotopic (exact) mass is 311 g/mol. The minimum absolute atomic E-state index is 0.528. The van der Waals surface area contributed by atoms with Crippen LogP contribution in [0, 0.1) is 6.92 Å². The maximum absolute atomic E-state index is 4.86. The number of likely N-dealkylation sites (tertiary alicyclic amines) is 1. The van der Waals surface area contributed by atoms with Crippen LogP contribution in [0.1, 0.15) is 36.0 Å². The smallest absolute Gasteiger partial charge is 0.122 e. The van der Waals surface area contributed by atoms with Crippen molar-refractivity contribution in [2.45, 2.75) is 32.2 Å². The van der Waals surface area contributed by atoms with E-state index in [0.717, 1.165) is 49.4 Å². The highest BCUT2D eigenvalue weighted by molar-refractivity contribution is 5.75. The lowest BCUT2D eigenvalue weighted by Crippen LogP contribution is -2.33. The number of para-hydroxylation sites is 2. The van der Waals surface area contributed by atoms with Gasteiger partial charge in [-0.3, -0.25) is 4.90 Å². The number of nitrogens with zero attached hydrogens (tertiary/aromatic N) is 5. The van der Waals surface area contributed by atoms with E-state index in [4.69, 9.17) is 9.61 Å². The van der Waals surface area contributed by atoms with E-state index >= 15 is 0 Å². The fourth-order valence-electron chi connectivity index (χ4n) is 3.48. The van der Waals surface area contributed by atoms with Gasteiger partial charge < -0.3 is 4.57 Å². The molecule has 1 aliphatic rings. The van der Waals surface area contributed by atoms with E-state index in [9.17, 15) is 0 Å². The SMILES string of the molecule is Cc1nonc1CN1CCC(c2nc3ccccc3n2C)CC1. The summed E-state index contributed by atoms with van der Waals surface area (Å²) >= 11 is 0. The van der Waals surface area contributed by atoms with E-state index in [2.05, 4.69) is 51.1 Å². The standard InChI is InChI=1S/C17H21N5O/c1-12-15(20-23-19-12)11-22-9-7-13(8-10-22)17-18-14-5-3-4-6-16(14)21(17)2/h3-6,13H,7-11H2,1-2H3. The summed E-state index contributed by atoms with van der Waals surface area (Å²) in [5.74, 6) is 1.74. The van der Waals surface area contributed by atoms with Crippen LogP contribution in [-0.2, 0) is 13.6 Å². The molecule has 0 radical (unpaired) electrons. The normalized spacial score (nSPS) is 17.1. The van der Waals surface area contributed by atoms with Gasteiger partial charge in [0.05, 0.1) is 11.0 Å². The van der Waals surface area contributed by atoms with Gasteiger partial charge in [-0.15, -0.1) is 0 Å². The van der Waals surface area contributed by atoms with Gasteiger partial charge in [0.1, 0.15) is 17.2 Å². The van der Waals surface area contributed by atoms with Gasteiger partial charge in [0.25, 0.3) is 0 Å². The molecule has 3 heterocycles. The molecule has 6 nitrogen and oxygen atoms in total. The van der Waals surface area contributed by atoms with Crippen LogP contribution in [0.4, 0.5) is 0 Å². The van der Waals surface area contributed by atoms with Crippen molar-refractivity contribution in [2.75, 3.05) is 13.1 Å². The van der Waals surface area contributed by atoms with Gasteiger partial charge >= 0.3 is 0 Å². The molecule has 0 aliphatic carbocycles. The second-order valence-electron chi connectivity index (χ2n) is 6.36.